The van der Waals surface area contributed by atoms with Gasteiger partial charge in [0, 0.05) is 11.9 Å². The lowest BCUT2D eigenvalue weighted by Gasteiger charge is -2.10. The lowest BCUT2D eigenvalue weighted by Crippen LogP contribution is -2.07. The number of alkyl halides is 3. The molecular formula is C12H8BF3N2. The zero-order valence-electron chi connectivity index (χ0n) is 9.20. The van der Waals surface area contributed by atoms with Crippen LogP contribution in [0.25, 0.3) is 0 Å². The van der Waals surface area contributed by atoms with E-state index < -0.39 is 11.7 Å². The molecule has 0 atom stereocenters. The molecule has 90 valence electrons. The molecule has 0 unspecified atom stereocenters. The topological polar surface area (TPSA) is 24.9 Å². The van der Waals surface area contributed by atoms with Gasteiger partial charge >= 0.3 is 6.18 Å². The summed E-state index contributed by atoms with van der Waals surface area (Å²) in [5.41, 5.74) is 0.570. The largest absolute Gasteiger partial charge is 0.416 e. The van der Waals surface area contributed by atoms with Gasteiger partial charge in [-0.25, -0.2) is 0 Å². The second kappa shape index (κ2) is 4.72. The lowest BCUT2D eigenvalue weighted by atomic mass is 10.0. The van der Waals surface area contributed by atoms with Crippen LogP contribution in [-0.4, -0.2) is 12.8 Å². The van der Waals surface area contributed by atoms with Gasteiger partial charge in [0.25, 0.3) is 0 Å². The molecule has 2 rings (SSSR count). The number of pyridine rings is 1. The Morgan fingerprint density at radius 1 is 1.06 bits per heavy atom. The molecule has 0 aliphatic heterocycles. The third-order valence-electron chi connectivity index (χ3n) is 2.26. The average Bonchev–Trinajstić information content (AvgIpc) is 2.31. The molecule has 0 spiro atoms. The number of nitrogens with zero attached hydrogens (tertiary/aromatic N) is 1. The highest BCUT2D eigenvalue weighted by molar-refractivity contribution is 6.30. The maximum atomic E-state index is 12.5. The summed E-state index contributed by atoms with van der Waals surface area (Å²) in [6.45, 7) is 0. The molecule has 1 N–H and O–H groups in total. The second-order valence-corrected chi connectivity index (χ2v) is 3.68. The van der Waals surface area contributed by atoms with Crippen molar-refractivity contribution in [1.29, 1.82) is 0 Å². The van der Waals surface area contributed by atoms with Crippen molar-refractivity contribution in [2.75, 3.05) is 5.32 Å². The Hall–Kier alpha value is -1.98. The normalized spacial score (nSPS) is 11.3. The Balaban J connectivity index is 2.22. The van der Waals surface area contributed by atoms with E-state index in [4.69, 9.17) is 7.85 Å². The van der Waals surface area contributed by atoms with Crippen LogP contribution in [0.2, 0.25) is 0 Å². The summed E-state index contributed by atoms with van der Waals surface area (Å²) in [5.74, 6) is 0. The summed E-state index contributed by atoms with van der Waals surface area (Å²) >= 11 is 0. The number of halogens is 3. The highest BCUT2D eigenvalue weighted by atomic mass is 19.4. The fourth-order valence-corrected chi connectivity index (χ4v) is 1.42. The van der Waals surface area contributed by atoms with Crippen LogP contribution in [-0.2, 0) is 6.18 Å². The van der Waals surface area contributed by atoms with Gasteiger partial charge in [0.1, 0.15) is 7.85 Å². The molecule has 0 fully saturated rings. The molecule has 0 saturated heterocycles. The predicted octanol–water partition coefficient (Wildman–Crippen LogP) is 2.64. The monoisotopic (exact) mass is 248 g/mol. The number of hydrogen-bond donors (Lipinski definition) is 1. The van der Waals surface area contributed by atoms with Crippen LogP contribution in [0.4, 0.5) is 24.5 Å². The summed E-state index contributed by atoms with van der Waals surface area (Å²) in [7, 11) is 5.41. The molecule has 2 radical (unpaired) electrons. The Bertz CT molecular complexity index is 538. The van der Waals surface area contributed by atoms with E-state index in [0.717, 1.165) is 12.1 Å². The highest BCUT2D eigenvalue weighted by Crippen LogP contribution is 2.31. The summed E-state index contributed by atoms with van der Waals surface area (Å²) in [6, 6.07) is 8.16. The van der Waals surface area contributed by atoms with Crippen LogP contribution in [0.5, 0.6) is 0 Å². The third kappa shape index (κ3) is 3.03. The lowest BCUT2D eigenvalue weighted by molar-refractivity contribution is -0.137. The third-order valence-corrected chi connectivity index (χ3v) is 2.26. The molecule has 0 saturated carbocycles. The first kappa shape index (κ1) is 12.5. The van der Waals surface area contributed by atoms with Gasteiger partial charge < -0.3 is 5.32 Å². The minimum atomic E-state index is -4.35. The van der Waals surface area contributed by atoms with Gasteiger partial charge in [-0.3, -0.25) is 4.98 Å². The maximum absolute atomic E-state index is 12.5. The molecule has 18 heavy (non-hydrogen) atoms. The number of rotatable bonds is 2. The van der Waals surface area contributed by atoms with Gasteiger partial charge in [0.2, 0.25) is 0 Å². The first-order valence-electron chi connectivity index (χ1n) is 5.11. The standard InChI is InChI=1S/C12H8BF3N2/c13-11-5-4-10(7-17-11)18-9-3-1-2-8(6-9)12(14,15)16/h1-7,18H. The number of nitrogens with one attached hydrogen (secondary N) is 1. The first-order valence-corrected chi connectivity index (χ1v) is 5.11. The molecule has 1 aromatic carbocycles. The minimum Gasteiger partial charge on any atom is -0.354 e. The summed E-state index contributed by atoms with van der Waals surface area (Å²) in [5, 5.41) is 2.83. The van der Waals surface area contributed by atoms with Crippen LogP contribution in [0.1, 0.15) is 5.56 Å². The predicted molar refractivity (Wildman–Crippen MR) is 64.4 cm³/mol. The van der Waals surface area contributed by atoms with E-state index in [9.17, 15) is 13.2 Å². The fraction of sp³-hybridized carbons (Fsp3) is 0.0833. The van der Waals surface area contributed by atoms with Gasteiger partial charge in [0.15, 0.2) is 0 Å². The fourth-order valence-electron chi connectivity index (χ4n) is 1.42. The molecule has 1 heterocycles. The molecule has 0 aliphatic carbocycles. The summed E-state index contributed by atoms with van der Waals surface area (Å²) in [4.78, 5) is 3.84. The van der Waals surface area contributed by atoms with Gasteiger partial charge in [-0.2, -0.15) is 13.2 Å². The van der Waals surface area contributed by atoms with Crippen LogP contribution < -0.4 is 10.9 Å². The van der Waals surface area contributed by atoms with Crippen molar-refractivity contribution in [3.63, 3.8) is 0 Å². The van der Waals surface area contributed by atoms with E-state index in [2.05, 4.69) is 10.3 Å². The zero-order chi connectivity index (χ0) is 13.2. The second-order valence-electron chi connectivity index (χ2n) is 3.68. The van der Waals surface area contributed by atoms with Crippen molar-refractivity contribution in [2.24, 2.45) is 0 Å². The molecule has 2 aromatic rings. The number of anilines is 2. The van der Waals surface area contributed by atoms with E-state index in [-0.39, 0.29) is 0 Å². The van der Waals surface area contributed by atoms with E-state index in [0.29, 0.717) is 17.0 Å². The van der Waals surface area contributed by atoms with Crippen molar-refractivity contribution < 1.29 is 13.2 Å². The molecule has 6 heteroatoms. The quantitative estimate of drug-likeness (QED) is 0.826. The molecule has 2 nitrogen and oxygen atoms in total. The Labute approximate surface area is 103 Å². The zero-order valence-corrected chi connectivity index (χ0v) is 9.20. The Kier molecular flexibility index (Phi) is 3.27. The number of aromatic nitrogens is 1. The Morgan fingerprint density at radius 2 is 1.83 bits per heavy atom. The van der Waals surface area contributed by atoms with Crippen LogP contribution in [0.3, 0.4) is 0 Å². The van der Waals surface area contributed by atoms with Crippen LogP contribution >= 0.6 is 0 Å². The SMILES string of the molecule is [B]c1ccc(Nc2cccc(C(F)(F)F)c2)cn1. The molecule has 1 aromatic heterocycles. The van der Waals surface area contributed by atoms with Gasteiger partial charge in [-0.05, 0) is 35.9 Å². The smallest absolute Gasteiger partial charge is 0.354 e. The number of hydrogen-bond acceptors (Lipinski definition) is 2. The van der Waals surface area contributed by atoms with Crippen molar-refractivity contribution >= 4 is 24.8 Å². The molecular weight excluding hydrogens is 240 g/mol. The van der Waals surface area contributed by atoms with Crippen molar-refractivity contribution in [2.45, 2.75) is 6.18 Å². The van der Waals surface area contributed by atoms with E-state index in [1.165, 1.54) is 12.3 Å². The highest BCUT2D eigenvalue weighted by Gasteiger charge is 2.30. The van der Waals surface area contributed by atoms with Crippen molar-refractivity contribution in [3.8, 4) is 0 Å². The minimum absolute atomic E-state index is 0.344. The number of benzene rings is 1. The van der Waals surface area contributed by atoms with E-state index >= 15 is 0 Å². The van der Waals surface area contributed by atoms with E-state index in [1.807, 2.05) is 0 Å². The van der Waals surface area contributed by atoms with Gasteiger partial charge in [-0.15, -0.1) is 0 Å². The first-order chi connectivity index (χ1) is 8.45. The van der Waals surface area contributed by atoms with Gasteiger partial charge in [-0.1, -0.05) is 6.07 Å². The summed E-state index contributed by atoms with van der Waals surface area (Å²) < 4.78 is 37.5. The van der Waals surface area contributed by atoms with Crippen molar-refractivity contribution in [3.05, 3.63) is 48.2 Å². The maximum Gasteiger partial charge on any atom is 0.416 e. The average molecular weight is 248 g/mol. The van der Waals surface area contributed by atoms with Crippen LogP contribution in [0.15, 0.2) is 42.6 Å². The molecule has 0 amide bonds. The van der Waals surface area contributed by atoms with Crippen LogP contribution in [0, 0.1) is 0 Å². The van der Waals surface area contributed by atoms with Gasteiger partial charge in [0.05, 0.1) is 11.3 Å². The van der Waals surface area contributed by atoms with E-state index in [1.54, 1.807) is 18.2 Å². The molecule has 0 aliphatic rings. The Morgan fingerprint density at radius 3 is 2.44 bits per heavy atom. The summed E-state index contributed by atoms with van der Waals surface area (Å²) in [6.07, 6.45) is -2.90. The van der Waals surface area contributed by atoms with Crippen molar-refractivity contribution in [1.82, 2.24) is 4.98 Å². The molecule has 0 bridgehead atoms.